The summed E-state index contributed by atoms with van der Waals surface area (Å²) in [6.07, 6.45) is 1.32. The minimum Gasteiger partial charge on any atom is -0.326 e. The van der Waals surface area contributed by atoms with Gasteiger partial charge in [-0.25, -0.2) is 0 Å². The maximum Gasteiger partial charge on any atom is 0.224 e. The van der Waals surface area contributed by atoms with E-state index in [-0.39, 0.29) is 11.8 Å². The average Bonchev–Trinajstić information content (AvgIpc) is 2.54. The Morgan fingerprint density at radius 1 is 0.913 bits per heavy atom. The molecule has 0 aromatic heterocycles. The van der Waals surface area contributed by atoms with E-state index in [0.29, 0.717) is 6.42 Å². The second-order valence-corrected chi connectivity index (χ2v) is 6.24. The average molecular weight is 328 g/mol. The number of nitrogens with one attached hydrogen (secondary N) is 2. The van der Waals surface area contributed by atoms with Crippen LogP contribution in [0.2, 0.25) is 0 Å². The van der Waals surface area contributed by atoms with Gasteiger partial charge in [0.1, 0.15) is 0 Å². The van der Waals surface area contributed by atoms with Crippen LogP contribution in [0.4, 0.5) is 11.4 Å². The van der Waals surface area contributed by atoms with E-state index in [9.17, 15) is 9.59 Å². The molecule has 2 aromatic carbocycles. The van der Waals surface area contributed by atoms with Crippen LogP contribution in [-0.2, 0) is 9.59 Å². The number of thioether (sulfide) groups is 1. The standard InChI is InChI=1S/C18H20N2O2S/c1-14(21)19-15-9-11-16(12-10-15)20-18(22)8-5-13-23-17-6-3-2-4-7-17/h2-4,6-7,9-12H,5,8,13H2,1H3,(H,19,21)(H,20,22). The normalized spacial score (nSPS) is 10.1. The molecule has 0 saturated carbocycles. The van der Waals surface area contributed by atoms with Crippen molar-refractivity contribution in [3.8, 4) is 0 Å². The van der Waals surface area contributed by atoms with Crippen molar-refractivity contribution in [3.63, 3.8) is 0 Å². The smallest absolute Gasteiger partial charge is 0.224 e. The number of benzene rings is 2. The first kappa shape index (κ1) is 17.1. The molecule has 0 aliphatic rings. The molecule has 0 saturated heterocycles. The molecule has 0 heterocycles. The quantitative estimate of drug-likeness (QED) is 0.593. The highest BCUT2D eigenvalue weighted by Crippen LogP contribution is 2.19. The van der Waals surface area contributed by atoms with Gasteiger partial charge in [-0.1, -0.05) is 18.2 Å². The van der Waals surface area contributed by atoms with Crippen LogP contribution < -0.4 is 10.6 Å². The van der Waals surface area contributed by atoms with Gasteiger partial charge in [0.25, 0.3) is 0 Å². The SMILES string of the molecule is CC(=O)Nc1ccc(NC(=O)CCCSc2ccccc2)cc1. The lowest BCUT2D eigenvalue weighted by Gasteiger charge is -2.07. The highest BCUT2D eigenvalue weighted by Gasteiger charge is 2.03. The number of amides is 2. The molecule has 0 radical (unpaired) electrons. The van der Waals surface area contributed by atoms with E-state index in [2.05, 4.69) is 22.8 Å². The summed E-state index contributed by atoms with van der Waals surface area (Å²) in [6.45, 7) is 1.46. The molecule has 0 aliphatic heterocycles. The van der Waals surface area contributed by atoms with Crippen LogP contribution in [0.25, 0.3) is 0 Å². The van der Waals surface area contributed by atoms with Gasteiger partial charge < -0.3 is 10.6 Å². The summed E-state index contributed by atoms with van der Waals surface area (Å²) >= 11 is 1.76. The van der Waals surface area contributed by atoms with Crippen molar-refractivity contribution in [2.75, 3.05) is 16.4 Å². The number of hydrogen-bond acceptors (Lipinski definition) is 3. The third kappa shape index (κ3) is 6.57. The van der Waals surface area contributed by atoms with Gasteiger partial charge in [-0.2, -0.15) is 0 Å². The topological polar surface area (TPSA) is 58.2 Å². The van der Waals surface area contributed by atoms with E-state index < -0.39 is 0 Å². The zero-order valence-electron chi connectivity index (χ0n) is 13.0. The summed E-state index contributed by atoms with van der Waals surface area (Å²) in [5.41, 5.74) is 1.45. The first-order chi connectivity index (χ1) is 11.1. The first-order valence-corrected chi connectivity index (χ1v) is 8.47. The first-order valence-electron chi connectivity index (χ1n) is 7.49. The number of carbonyl (C=O) groups excluding carboxylic acids is 2. The van der Waals surface area contributed by atoms with Gasteiger partial charge in [-0.15, -0.1) is 11.8 Å². The molecule has 0 spiro atoms. The van der Waals surface area contributed by atoms with E-state index in [1.54, 1.807) is 36.0 Å². The Morgan fingerprint density at radius 3 is 2.13 bits per heavy atom. The number of hydrogen-bond donors (Lipinski definition) is 2. The number of rotatable bonds is 7. The zero-order chi connectivity index (χ0) is 16.5. The van der Waals surface area contributed by atoms with Gasteiger partial charge in [-0.3, -0.25) is 9.59 Å². The third-order valence-corrected chi connectivity index (χ3v) is 4.15. The Bertz CT molecular complexity index is 642. The molecule has 0 fully saturated rings. The van der Waals surface area contributed by atoms with Gasteiger partial charge in [0, 0.05) is 29.6 Å². The van der Waals surface area contributed by atoms with Crippen molar-refractivity contribution >= 4 is 35.0 Å². The van der Waals surface area contributed by atoms with Crippen LogP contribution in [-0.4, -0.2) is 17.6 Å². The molecule has 5 heteroatoms. The molecule has 2 rings (SSSR count). The van der Waals surface area contributed by atoms with Crippen molar-refractivity contribution < 1.29 is 9.59 Å². The summed E-state index contributed by atoms with van der Waals surface area (Å²) < 4.78 is 0. The van der Waals surface area contributed by atoms with E-state index in [1.165, 1.54) is 11.8 Å². The van der Waals surface area contributed by atoms with Crippen LogP contribution in [0.3, 0.4) is 0 Å². The van der Waals surface area contributed by atoms with Crippen LogP contribution >= 0.6 is 11.8 Å². The third-order valence-electron chi connectivity index (χ3n) is 3.05. The monoisotopic (exact) mass is 328 g/mol. The molecule has 0 unspecified atom stereocenters. The van der Waals surface area contributed by atoms with E-state index in [1.807, 2.05) is 18.2 Å². The largest absolute Gasteiger partial charge is 0.326 e. The fourth-order valence-electron chi connectivity index (χ4n) is 2.00. The molecule has 0 atom stereocenters. The van der Waals surface area contributed by atoms with Gasteiger partial charge in [0.15, 0.2) is 0 Å². The van der Waals surface area contributed by atoms with E-state index in [0.717, 1.165) is 23.5 Å². The highest BCUT2D eigenvalue weighted by atomic mass is 32.2. The molecule has 2 amide bonds. The van der Waals surface area contributed by atoms with Crippen LogP contribution in [0.15, 0.2) is 59.5 Å². The van der Waals surface area contributed by atoms with Gasteiger partial charge in [0.05, 0.1) is 0 Å². The van der Waals surface area contributed by atoms with Crippen molar-refractivity contribution in [2.45, 2.75) is 24.7 Å². The highest BCUT2D eigenvalue weighted by molar-refractivity contribution is 7.99. The Kier molecular flexibility index (Phi) is 6.69. The summed E-state index contributed by atoms with van der Waals surface area (Å²) in [6, 6.07) is 17.3. The predicted molar refractivity (Wildman–Crippen MR) is 95.8 cm³/mol. The minimum atomic E-state index is -0.113. The fraction of sp³-hybridized carbons (Fsp3) is 0.222. The molecule has 2 aromatic rings. The Hall–Kier alpha value is -2.27. The second-order valence-electron chi connectivity index (χ2n) is 5.07. The van der Waals surface area contributed by atoms with Gasteiger partial charge in [0.2, 0.25) is 11.8 Å². The lowest BCUT2D eigenvalue weighted by atomic mass is 10.2. The molecule has 23 heavy (non-hydrogen) atoms. The Morgan fingerprint density at radius 2 is 1.52 bits per heavy atom. The molecule has 2 N–H and O–H groups in total. The number of anilines is 2. The second kappa shape index (κ2) is 9.00. The Labute approximate surface area is 140 Å². The minimum absolute atomic E-state index is 0.00550. The Balaban J connectivity index is 1.69. The van der Waals surface area contributed by atoms with Crippen LogP contribution in [0, 0.1) is 0 Å². The molecular weight excluding hydrogens is 308 g/mol. The van der Waals surface area contributed by atoms with Crippen molar-refractivity contribution in [1.82, 2.24) is 0 Å². The number of carbonyl (C=O) groups is 2. The van der Waals surface area contributed by atoms with Crippen molar-refractivity contribution in [2.24, 2.45) is 0 Å². The zero-order valence-corrected chi connectivity index (χ0v) is 13.9. The summed E-state index contributed by atoms with van der Waals surface area (Å²) in [4.78, 5) is 24.1. The summed E-state index contributed by atoms with van der Waals surface area (Å²) in [5, 5.41) is 5.55. The lowest BCUT2D eigenvalue weighted by Crippen LogP contribution is -2.11. The molecule has 4 nitrogen and oxygen atoms in total. The molecular formula is C18H20N2O2S. The molecule has 0 aliphatic carbocycles. The molecule has 120 valence electrons. The van der Waals surface area contributed by atoms with E-state index >= 15 is 0 Å². The van der Waals surface area contributed by atoms with Gasteiger partial charge >= 0.3 is 0 Å². The van der Waals surface area contributed by atoms with Gasteiger partial charge in [-0.05, 0) is 48.6 Å². The lowest BCUT2D eigenvalue weighted by molar-refractivity contribution is -0.116. The van der Waals surface area contributed by atoms with Crippen LogP contribution in [0.1, 0.15) is 19.8 Å². The predicted octanol–water partition coefficient (Wildman–Crippen LogP) is 4.16. The van der Waals surface area contributed by atoms with E-state index in [4.69, 9.17) is 0 Å². The maximum absolute atomic E-state index is 11.9. The van der Waals surface area contributed by atoms with Crippen molar-refractivity contribution in [3.05, 3.63) is 54.6 Å². The molecule has 0 bridgehead atoms. The maximum atomic E-state index is 11.9. The van der Waals surface area contributed by atoms with Crippen molar-refractivity contribution in [1.29, 1.82) is 0 Å². The summed E-state index contributed by atoms with van der Waals surface area (Å²) in [5.74, 6) is 0.808. The summed E-state index contributed by atoms with van der Waals surface area (Å²) in [7, 11) is 0. The fourth-order valence-corrected chi connectivity index (χ4v) is 2.88. The van der Waals surface area contributed by atoms with Crippen LogP contribution in [0.5, 0.6) is 0 Å².